The highest BCUT2D eigenvalue weighted by Gasteiger charge is 2.00. The fourth-order valence-electron chi connectivity index (χ4n) is 1.63. The second kappa shape index (κ2) is 8.97. The first-order valence-corrected chi connectivity index (χ1v) is 8.04. The number of ether oxygens (including phenoxy) is 1. The fraction of sp³-hybridized carbons (Fsp3) is 0.571. The molecule has 0 aliphatic carbocycles. The Labute approximate surface area is 112 Å². The molecule has 1 unspecified atom stereocenters. The van der Waals surface area contributed by atoms with Crippen LogP contribution in [0.1, 0.15) is 32.6 Å². The van der Waals surface area contributed by atoms with E-state index < -0.39 is 10.8 Å². The maximum atomic E-state index is 11.6. The van der Waals surface area contributed by atoms with E-state index >= 15 is 0 Å². The zero-order valence-electron chi connectivity index (χ0n) is 11.1. The Balaban J connectivity index is 2.09. The fourth-order valence-corrected chi connectivity index (χ4v) is 2.80. The van der Waals surface area contributed by atoms with Gasteiger partial charge in [-0.2, -0.15) is 0 Å². The Morgan fingerprint density at radius 1 is 1.22 bits per heavy atom. The SMILES string of the molecule is CCCCCS(=O)CCCOc1cccc(N)c1. The largest absolute Gasteiger partial charge is 0.493 e. The molecule has 0 saturated heterocycles. The third-order valence-corrected chi connectivity index (χ3v) is 4.11. The van der Waals surface area contributed by atoms with Crippen molar-refractivity contribution in [3.63, 3.8) is 0 Å². The van der Waals surface area contributed by atoms with Crippen LogP contribution in [0, 0.1) is 0 Å². The standard InChI is InChI=1S/C14H23NO2S/c1-2-3-4-10-18(16)11-6-9-17-14-8-5-7-13(15)12-14/h5,7-8,12H,2-4,6,9-11,15H2,1H3. The lowest BCUT2D eigenvalue weighted by atomic mass is 10.3. The van der Waals surface area contributed by atoms with Crippen LogP contribution in [0.3, 0.4) is 0 Å². The lowest BCUT2D eigenvalue weighted by molar-refractivity contribution is 0.318. The normalized spacial score (nSPS) is 12.3. The van der Waals surface area contributed by atoms with E-state index in [4.69, 9.17) is 10.5 Å². The summed E-state index contributed by atoms with van der Waals surface area (Å²) in [6.45, 7) is 2.76. The third-order valence-electron chi connectivity index (χ3n) is 2.62. The molecule has 3 nitrogen and oxygen atoms in total. The quantitative estimate of drug-likeness (QED) is 0.554. The zero-order chi connectivity index (χ0) is 13.2. The van der Waals surface area contributed by atoms with Crippen molar-refractivity contribution in [2.24, 2.45) is 0 Å². The van der Waals surface area contributed by atoms with Crippen LogP contribution in [0.2, 0.25) is 0 Å². The molecule has 0 aliphatic rings. The number of nitrogen functional groups attached to an aromatic ring is 1. The first-order chi connectivity index (χ1) is 8.72. The molecule has 0 aliphatic heterocycles. The summed E-state index contributed by atoms with van der Waals surface area (Å²) in [5, 5.41) is 0. The van der Waals surface area contributed by atoms with Crippen molar-refractivity contribution >= 4 is 16.5 Å². The highest BCUT2D eigenvalue weighted by Crippen LogP contribution is 2.14. The highest BCUT2D eigenvalue weighted by molar-refractivity contribution is 7.84. The first kappa shape index (κ1) is 15.0. The van der Waals surface area contributed by atoms with Crippen LogP contribution in [0.15, 0.2) is 24.3 Å². The molecule has 102 valence electrons. The molecule has 4 heteroatoms. The van der Waals surface area contributed by atoms with Gasteiger partial charge in [0.2, 0.25) is 0 Å². The summed E-state index contributed by atoms with van der Waals surface area (Å²) < 4.78 is 17.2. The zero-order valence-corrected chi connectivity index (χ0v) is 11.9. The van der Waals surface area contributed by atoms with E-state index in [1.165, 1.54) is 12.8 Å². The van der Waals surface area contributed by atoms with Crippen molar-refractivity contribution in [3.8, 4) is 5.75 Å². The molecule has 1 aromatic carbocycles. The van der Waals surface area contributed by atoms with Crippen LogP contribution in [-0.2, 0) is 10.8 Å². The topological polar surface area (TPSA) is 52.3 Å². The number of unbranched alkanes of at least 4 members (excludes halogenated alkanes) is 2. The van der Waals surface area contributed by atoms with Gasteiger partial charge in [0.25, 0.3) is 0 Å². The van der Waals surface area contributed by atoms with E-state index in [0.717, 1.165) is 30.1 Å². The van der Waals surface area contributed by atoms with Gasteiger partial charge in [0.1, 0.15) is 5.75 Å². The van der Waals surface area contributed by atoms with E-state index in [1.54, 1.807) is 6.07 Å². The molecule has 0 spiro atoms. The van der Waals surface area contributed by atoms with Crippen molar-refractivity contribution in [1.82, 2.24) is 0 Å². The minimum Gasteiger partial charge on any atom is -0.493 e. The maximum Gasteiger partial charge on any atom is 0.121 e. The predicted octanol–water partition coefficient (Wildman–Crippen LogP) is 2.98. The molecule has 0 amide bonds. The molecule has 1 rings (SSSR count). The summed E-state index contributed by atoms with van der Waals surface area (Å²) in [5.41, 5.74) is 6.35. The van der Waals surface area contributed by atoms with E-state index in [9.17, 15) is 4.21 Å². The summed E-state index contributed by atoms with van der Waals surface area (Å²) in [5.74, 6) is 2.34. The van der Waals surface area contributed by atoms with Crippen LogP contribution in [0.25, 0.3) is 0 Å². The van der Waals surface area contributed by atoms with Crippen molar-refractivity contribution in [2.45, 2.75) is 32.6 Å². The van der Waals surface area contributed by atoms with Gasteiger partial charge in [-0.15, -0.1) is 0 Å². The average molecular weight is 269 g/mol. The summed E-state index contributed by atoms with van der Waals surface area (Å²) in [4.78, 5) is 0. The second-order valence-electron chi connectivity index (χ2n) is 4.33. The molecule has 0 radical (unpaired) electrons. The van der Waals surface area contributed by atoms with Crippen LogP contribution in [0.5, 0.6) is 5.75 Å². The van der Waals surface area contributed by atoms with Crippen LogP contribution < -0.4 is 10.5 Å². The van der Waals surface area contributed by atoms with E-state index in [-0.39, 0.29) is 0 Å². The average Bonchev–Trinajstić information content (AvgIpc) is 2.35. The minimum atomic E-state index is -0.688. The molecule has 0 heterocycles. The first-order valence-electron chi connectivity index (χ1n) is 6.55. The van der Waals surface area contributed by atoms with Gasteiger partial charge in [-0.05, 0) is 25.0 Å². The molecule has 0 aromatic heterocycles. The third kappa shape index (κ3) is 6.64. The number of hydrogen-bond acceptors (Lipinski definition) is 3. The van der Waals surface area contributed by atoms with E-state index in [0.29, 0.717) is 12.3 Å². The van der Waals surface area contributed by atoms with Gasteiger partial charge in [0.05, 0.1) is 6.61 Å². The molecule has 2 N–H and O–H groups in total. The smallest absolute Gasteiger partial charge is 0.121 e. The van der Waals surface area contributed by atoms with E-state index in [1.807, 2.05) is 18.2 Å². The summed E-state index contributed by atoms with van der Waals surface area (Å²) in [6.07, 6.45) is 4.24. The van der Waals surface area contributed by atoms with Crippen molar-refractivity contribution in [2.75, 3.05) is 23.8 Å². The van der Waals surface area contributed by atoms with Gasteiger partial charge in [-0.25, -0.2) is 0 Å². The number of hydrogen-bond donors (Lipinski definition) is 1. The van der Waals surface area contributed by atoms with E-state index in [2.05, 4.69) is 6.92 Å². The van der Waals surface area contributed by atoms with Gasteiger partial charge in [-0.1, -0.05) is 25.8 Å². The second-order valence-corrected chi connectivity index (χ2v) is 6.03. The minimum absolute atomic E-state index is 0.600. The molecular weight excluding hydrogens is 246 g/mol. The van der Waals surface area contributed by atoms with Gasteiger partial charge in [-0.3, -0.25) is 4.21 Å². The molecule has 0 fully saturated rings. The number of anilines is 1. The Kier molecular flexibility index (Phi) is 7.49. The Hall–Kier alpha value is -1.03. The number of nitrogens with two attached hydrogens (primary N) is 1. The lowest BCUT2D eigenvalue weighted by Gasteiger charge is -2.06. The van der Waals surface area contributed by atoms with Crippen LogP contribution in [0.4, 0.5) is 5.69 Å². The van der Waals surface area contributed by atoms with Gasteiger partial charge < -0.3 is 10.5 Å². The van der Waals surface area contributed by atoms with Gasteiger partial charge in [0, 0.05) is 34.1 Å². The molecule has 18 heavy (non-hydrogen) atoms. The summed E-state index contributed by atoms with van der Waals surface area (Å²) in [6, 6.07) is 7.38. The highest BCUT2D eigenvalue weighted by atomic mass is 32.2. The monoisotopic (exact) mass is 269 g/mol. The van der Waals surface area contributed by atoms with Gasteiger partial charge >= 0.3 is 0 Å². The number of benzene rings is 1. The molecule has 0 saturated carbocycles. The van der Waals surface area contributed by atoms with Crippen LogP contribution in [-0.4, -0.2) is 22.3 Å². The molecular formula is C14H23NO2S. The predicted molar refractivity (Wildman–Crippen MR) is 78.4 cm³/mol. The molecule has 0 bridgehead atoms. The molecule has 1 aromatic rings. The Morgan fingerprint density at radius 2 is 2.00 bits per heavy atom. The van der Waals surface area contributed by atoms with Crippen LogP contribution >= 0.6 is 0 Å². The summed E-state index contributed by atoms with van der Waals surface area (Å²) in [7, 11) is -0.688. The molecule has 1 atom stereocenters. The van der Waals surface area contributed by atoms with Crippen molar-refractivity contribution in [1.29, 1.82) is 0 Å². The Morgan fingerprint density at radius 3 is 2.72 bits per heavy atom. The Bertz CT molecular complexity index is 369. The number of rotatable bonds is 9. The van der Waals surface area contributed by atoms with Gasteiger partial charge in [0.15, 0.2) is 0 Å². The maximum absolute atomic E-state index is 11.6. The van der Waals surface area contributed by atoms with Crippen molar-refractivity contribution in [3.05, 3.63) is 24.3 Å². The summed E-state index contributed by atoms with van der Waals surface area (Å²) >= 11 is 0. The lowest BCUT2D eigenvalue weighted by Crippen LogP contribution is -2.07. The van der Waals surface area contributed by atoms with Crippen molar-refractivity contribution < 1.29 is 8.95 Å².